The van der Waals surface area contributed by atoms with Crippen molar-refractivity contribution in [2.75, 3.05) is 44.6 Å². The highest BCUT2D eigenvalue weighted by Gasteiger charge is 2.21. The summed E-state index contributed by atoms with van der Waals surface area (Å²) in [5.41, 5.74) is 3.02. The van der Waals surface area contributed by atoms with E-state index in [0.29, 0.717) is 13.1 Å². The molecule has 1 aliphatic heterocycles. The van der Waals surface area contributed by atoms with E-state index in [0.717, 1.165) is 54.8 Å². The average molecular weight is 418 g/mol. The maximum absolute atomic E-state index is 12.5. The zero-order valence-corrected chi connectivity index (χ0v) is 18.1. The third kappa shape index (κ3) is 5.50. The highest BCUT2D eigenvalue weighted by molar-refractivity contribution is 5.93. The van der Waals surface area contributed by atoms with Crippen molar-refractivity contribution in [1.82, 2.24) is 9.80 Å². The van der Waals surface area contributed by atoms with Gasteiger partial charge in [-0.25, -0.2) is 0 Å². The molecule has 0 radical (unpaired) electrons. The number of carbonyl (C=O) groups excluding carboxylic acids is 1. The zero-order valence-electron chi connectivity index (χ0n) is 18.1. The Kier molecular flexibility index (Phi) is 6.97. The number of nitrogens with zero attached hydrogens (tertiary/aromatic N) is 2. The fourth-order valence-electron chi connectivity index (χ4n) is 4.24. The smallest absolute Gasteiger partial charge is 0.238 e. The number of fused-ring (bicyclic) bond motifs is 1. The fraction of sp³-hybridized carbons (Fsp3) is 0.346. The van der Waals surface area contributed by atoms with Crippen LogP contribution in [0.2, 0.25) is 0 Å². The second-order valence-corrected chi connectivity index (χ2v) is 8.26. The number of aliphatic hydroxyl groups is 1. The second-order valence-electron chi connectivity index (χ2n) is 8.26. The lowest BCUT2D eigenvalue weighted by Crippen LogP contribution is -2.49. The SMILES string of the molecule is CCc1ccccc1NC(=O)CN1CCN(CC(O)c2ccc3ccccc3c2)CC1. The lowest BCUT2D eigenvalue weighted by atomic mass is 10.0. The summed E-state index contributed by atoms with van der Waals surface area (Å²) in [7, 11) is 0. The molecule has 1 amide bonds. The minimum Gasteiger partial charge on any atom is -0.387 e. The van der Waals surface area contributed by atoms with Crippen LogP contribution < -0.4 is 5.32 Å². The van der Waals surface area contributed by atoms with Crippen molar-refractivity contribution in [3.63, 3.8) is 0 Å². The van der Waals surface area contributed by atoms with E-state index in [-0.39, 0.29) is 5.91 Å². The van der Waals surface area contributed by atoms with E-state index in [1.54, 1.807) is 0 Å². The molecule has 1 aliphatic rings. The molecule has 3 aromatic carbocycles. The number of piperazine rings is 1. The van der Waals surface area contributed by atoms with E-state index in [9.17, 15) is 9.90 Å². The number of amides is 1. The number of aryl methyl sites for hydroxylation is 1. The molecular formula is C26H31N3O2. The molecule has 0 saturated carbocycles. The van der Waals surface area contributed by atoms with Gasteiger partial charge in [0.2, 0.25) is 5.91 Å². The average Bonchev–Trinajstić information content (AvgIpc) is 2.80. The molecule has 0 aromatic heterocycles. The molecule has 2 N–H and O–H groups in total. The molecule has 0 aliphatic carbocycles. The quantitative estimate of drug-likeness (QED) is 0.616. The highest BCUT2D eigenvalue weighted by atomic mass is 16.3. The number of rotatable bonds is 7. The van der Waals surface area contributed by atoms with E-state index in [1.807, 2.05) is 36.4 Å². The predicted octanol–water partition coefficient (Wildman–Crippen LogP) is 3.69. The molecule has 1 atom stereocenters. The van der Waals surface area contributed by atoms with E-state index >= 15 is 0 Å². The molecular weight excluding hydrogens is 386 g/mol. The number of β-amino-alcohol motifs (C(OH)–C–C–N with tert-alkyl or cyclic N) is 1. The largest absolute Gasteiger partial charge is 0.387 e. The van der Waals surface area contributed by atoms with Gasteiger partial charge in [-0.1, -0.05) is 61.5 Å². The first-order valence-corrected chi connectivity index (χ1v) is 11.1. The Morgan fingerprint density at radius 3 is 2.39 bits per heavy atom. The van der Waals surface area contributed by atoms with Crippen molar-refractivity contribution in [2.24, 2.45) is 0 Å². The molecule has 1 fully saturated rings. The topological polar surface area (TPSA) is 55.8 Å². The monoisotopic (exact) mass is 417 g/mol. The number of para-hydroxylation sites is 1. The number of aliphatic hydroxyl groups excluding tert-OH is 1. The Bertz CT molecular complexity index is 1030. The van der Waals surface area contributed by atoms with Gasteiger partial charge in [0, 0.05) is 38.4 Å². The van der Waals surface area contributed by atoms with Gasteiger partial charge in [0.25, 0.3) is 0 Å². The van der Waals surface area contributed by atoms with Gasteiger partial charge in [-0.15, -0.1) is 0 Å². The lowest BCUT2D eigenvalue weighted by molar-refractivity contribution is -0.117. The Hall–Kier alpha value is -2.73. The second kappa shape index (κ2) is 10.1. The Balaban J connectivity index is 1.25. The van der Waals surface area contributed by atoms with Crippen molar-refractivity contribution in [3.05, 3.63) is 77.9 Å². The molecule has 0 spiro atoms. The van der Waals surface area contributed by atoms with Gasteiger partial charge in [-0.2, -0.15) is 0 Å². The Morgan fingerprint density at radius 1 is 0.935 bits per heavy atom. The Morgan fingerprint density at radius 2 is 1.61 bits per heavy atom. The number of hydrogen-bond acceptors (Lipinski definition) is 4. The summed E-state index contributed by atoms with van der Waals surface area (Å²) in [6.07, 6.45) is 0.388. The van der Waals surface area contributed by atoms with Gasteiger partial charge >= 0.3 is 0 Å². The van der Waals surface area contributed by atoms with Crippen LogP contribution in [0.5, 0.6) is 0 Å². The van der Waals surface area contributed by atoms with Gasteiger partial charge in [0.15, 0.2) is 0 Å². The van der Waals surface area contributed by atoms with E-state index < -0.39 is 6.10 Å². The third-order valence-corrected chi connectivity index (χ3v) is 6.09. The maximum Gasteiger partial charge on any atom is 0.238 e. The van der Waals surface area contributed by atoms with Gasteiger partial charge in [-0.05, 0) is 40.5 Å². The molecule has 1 saturated heterocycles. The van der Waals surface area contributed by atoms with E-state index in [4.69, 9.17) is 0 Å². The first kappa shape index (κ1) is 21.5. The van der Waals surface area contributed by atoms with Crippen LogP contribution >= 0.6 is 0 Å². The first-order chi connectivity index (χ1) is 15.1. The minimum atomic E-state index is -0.509. The van der Waals surface area contributed by atoms with Crippen molar-refractivity contribution >= 4 is 22.4 Å². The number of benzene rings is 3. The molecule has 0 bridgehead atoms. The van der Waals surface area contributed by atoms with Crippen LogP contribution in [0.4, 0.5) is 5.69 Å². The van der Waals surface area contributed by atoms with E-state index in [1.165, 1.54) is 5.39 Å². The first-order valence-electron chi connectivity index (χ1n) is 11.1. The summed E-state index contributed by atoms with van der Waals surface area (Å²) in [5, 5.41) is 16.1. The van der Waals surface area contributed by atoms with Crippen LogP contribution in [0.25, 0.3) is 10.8 Å². The molecule has 162 valence electrons. The summed E-state index contributed by atoms with van der Waals surface area (Å²) in [5.74, 6) is 0.0329. The molecule has 5 nitrogen and oxygen atoms in total. The van der Waals surface area contributed by atoms with Gasteiger partial charge in [-0.3, -0.25) is 14.6 Å². The molecule has 1 unspecified atom stereocenters. The highest BCUT2D eigenvalue weighted by Crippen LogP contribution is 2.22. The summed E-state index contributed by atoms with van der Waals surface area (Å²) in [6.45, 7) is 6.46. The fourth-order valence-corrected chi connectivity index (χ4v) is 4.24. The summed E-state index contributed by atoms with van der Waals surface area (Å²) >= 11 is 0. The lowest BCUT2D eigenvalue weighted by Gasteiger charge is -2.35. The number of hydrogen-bond donors (Lipinski definition) is 2. The summed E-state index contributed by atoms with van der Waals surface area (Å²) in [4.78, 5) is 17.0. The molecule has 31 heavy (non-hydrogen) atoms. The standard InChI is InChI=1S/C26H31N3O2/c1-2-20-7-5-6-10-24(20)27-26(31)19-29-15-13-28(14-16-29)18-25(30)23-12-11-21-8-3-4-9-22(21)17-23/h3-12,17,25,30H,2,13-16,18-19H2,1H3,(H,27,31). The molecule has 5 heteroatoms. The predicted molar refractivity (Wildman–Crippen MR) is 126 cm³/mol. The van der Waals surface area contributed by atoms with Crippen molar-refractivity contribution in [1.29, 1.82) is 0 Å². The van der Waals surface area contributed by atoms with Gasteiger partial charge in [0.1, 0.15) is 0 Å². The maximum atomic E-state index is 12.5. The van der Waals surface area contributed by atoms with Crippen molar-refractivity contribution < 1.29 is 9.90 Å². The molecule has 1 heterocycles. The van der Waals surface area contributed by atoms with Gasteiger partial charge in [0.05, 0.1) is 12.6 Å². The molecule has 3 aromatic rings. The third-order valence-electron chi connectivity index (χ3n) is 6.09. The summed E-state index contributed by atoms with van der Waals surface area (Å²) in [6, 6.07) is 22.3. The summed E-state index contributed by atoms with van der Waals surface area (Å²) < 4.78 is 0. The number of carbonyl (C=O) groups is 1. The number of nitrogens with one attached hydrogen (secondary N) is 1. The van der Waals surface area contributed by atoms with Crippen LogP contribution in [0.3, 0.4) is 0 Å². The van der Waals surface area contributed by atoms with Crippen molar-refractivity contribution in [2.45, 2.75) is 19.4 Å². The van der Waals surface area contributed by atoms with Crippen LogP contribution in [-0.4, -0.2) is 60.1 Å². The van der Waals surface area contributed by atoms with E-state index in [2.05, 4.69) is 52.4 Å². The Labute approximate surface area is 184 Å². The zero-order chi connectivity index (χ0) is 21.6. The normalized spacial score (nSPS) is 16.3. The minimum absolute atomic E-state index is 0.0329. The van der Waals surface area contributed by atoms with Crippen LogP contribution in [0.15, 0.2) is 66.7 Å². The van der Waals surface area contributed by atoms with Crippen LogP contribution in [0, 0.1) is 0 Å². The van der Waals surface area contributed by atoms with Crippen LogP contribution in [0.1, 0.15) is 24.2 Å². The van der Waals surface area contributed by atoms with Crippen LogP contribution in [-0.2, 0) is 11.2 Å². The van der Waals surface area contributed by atoms with Gasteiger partial charge < -0.3 is 10.4 Å². The van der Waals surface area contributed by atoms with Crippen molar-refractivity contribution in [3.8, 4) is 0 Å². The molecule has 4 rings (SSSR count). The number of anilines is 1.